The summed E-state index contributed by atoms with van der Waals surface area (Å²) >= 11 is 0. The largest absolute Gasteiger partial charge is 0.481 e. The lowest BCUT2D eigenvalue weighted by Crippen LogP contribution is -2.50. The third-order valence-corrected chi connectivity index (χ3v) is 3.39. The van der Waals surface area contributed by atoms with E-state index in [2.05, 4.69) is 22.4 Å². The fraction of sp³-hybridized carbons (Fsp3) is 0.500. The normalized spacial score (nSPS) is 17.5. The average molecular weight is 263 g/mol. The second-order valence-electron chi connectivity index (χ2n) is 5.01. The Kier molecular flexibility index (Phi) is 4.90. The second-order valence-corrected chi connectivity index (χ2v) is 5.01. The Morgan fingerprint density at radius 3 is 2.32 bits per heavy atom. The summed E-state index contributed by atoms with van der Waals surface area (Å²) in [6.45, 7) is 5.04. The summed E-state index contributed by atoms with van der Waals surface area (Å²) in [5, 5.41) is 10.9. The van der Waals surface area contributed by atoms with Crippen molar-refractivity contribution in [1.82, 2.24) is 15.3 Å². The van der Waals surface area contributed by atoms with Crippen molar-refractivity contribution in [3.8, 4) is 0 Å². The molecule has 0 aliphatic carbocycles. The zero-order valence-electron chi connectivity index (χ0n) is 11.3. The molecule has 1 aliphatic rings. The summed E-state index contributed by atoms with van der Waals surface area (Å²) in [7, 11) is 2.14. The summed E-state index contributed by atoms with van der Waals surface area (Å²) < 4.78 is 0. The van der Waals surface area contributed by atoms with Crippen molar-refractivity contribution in [1.29, 1.82) is 0 Å². The van der Waals surface area contributed by atoms with Gasteiger partial charge in [0, 0.05) is 32.7 Å². The molecule has 1 aliphatic heterocycles. The summed E-state index contributed by atoms with van der Waals surface area (Å²) in [4.78, 5) is 12.9. The van der Waals surface area contributed by atoms with Gasteiger partial charge in [-0.3, -0.25) is 10.2 Å². The maximum atomic E-state index is 10.6. The van der Waals surface area contributed by atoms with E-state index in [1.165, 1.54) is 5.56 Å². The van der Waals surface area contributed by atoms with E-state index in [9.17, 15) is 4.79 Å². The molecule has 104 valence electrons. The molecule has 1 aromatic carbocycles. The van der Waals surface area contributed by atoms with Crippen molar-refractivity contribution in [2.45, 2.75) is 13.0 Å². The molecular weight excluding hydrogens is 242 g/mol. The van der Waals surface area contributed by atoms with E-state index >= 15 is 0 Å². The lowest BCUT2D eigenvalue weighted by atomic mass is 10.1. The van der Waals surface area contributed by atoms with E-state index < -0.39 is 5.97 Å². The van der Waals surface area contributed by atoms with Gasteiger partial charge in [0.1, 0.15) is 0 Å². The molecular formula is C14H21N3O2. The van der Waals surface area contributed by atoms with Crippen LogP contribution in [0.4, 0.5) is 0 Å². The summed E-state index contributed by atoms with van der Waals surface area (Å²) in [6.07, 6.45) is 0.0895. The molecule has 2 N–H and O–H groups in total. The van der Waals surface area contributed by atoms with Crippen LogP contribution in [-0.4, -0.2) is 54.2 Å². The van der Waals surface area contributed by atoms with Gasteiger partial charge < -0.3 is 10.0 Å². The molecule has 0 spiro atoms. The monoisotopic (exact) mass is 263 g/mol. The number of aliphatic carboxylic acids is 1. The number of likely N-dealkylation sites (N-methyl/N-ethyl adjacent to an activating group) is 1. The first-order chi connectivity index (χ1) is 9.13. The lowest BCUT2D eigenvalue weighted by Gasteiger charge is -2.32. The van der Waals surface area contributed by atoms with E-state index in [1.54, 1.807) is 0 Å². The highest BCUT2D eigenvalue weighted by atomic mass is 16.4. The van der Waals surface area contributed by atoms with E-state index in [0.717, 1.165) is 38.3 Å². The molecule has 0 saturated carbocycles. The maximum absolute atomic E-state index is 10.6. The molecule has 1 fully saturated rings. The van der Waals surface area contributed by atoms with Gasteiger partial charge in [0.25, 0.3) is 0 Å². The minimum Gasteiger partial charge on any atom is -0.481 e. The van der Waals surface area contributed by atoms with Gasteiger partial charge in [-0.15, -0.1) is 0 Å². The van der Waals surface area contributed by atoms with E-state index in [4.69, 9.17) is 5.11 Å². The molecule has 5 nitrogen and oxygen atoms in total. The van der Waals surface area contributed by atoms with Gasteiger partial charge in [-0.05, 0) is 18.2 Å². The number of nitrogens with zero attached hydrogens (tertiary/aromatic N) is 2. The van der Waals surface area contributed by atoms with Crippen LogP contribution >= 0.6 is 0 Å². The zero-order chi connectivity index (χ0) is 13.7. The van der Waals surface area contributed by atoms with Crippen LogP contribution in [0.25, 0.3) is 0 Å². The molecule has 19 heavy (non-hydrogen) atoms. The minimum absolute atomic E-state index is 0.0895. The number of hydrogen-bond donors (Lipinski definition) is 2. The first-order valence-corrected chi connectivity index (χ1v) is 6.60. The van der Waals surface area contributed by atoms with Gasteiger partial charge in [0.2, 0.25) is 0 Å². The van der Waals surface area contributed by atoms with Gasteiger partial charge in [-0.25, -0.2) is 5.01 Å². The SMILES string of the molecule is CN1CCN(NCc2ccc(CC(=O)O)cc2)CC1. The molecule has 1 saturated heterocycles. The predicted octanol–water partition coefficient (Wildman–Crippen LogP) is 0.566. The molecule has 1 aromatic rings. The van der Waals surface area contributed by atoms with Crippen LogP contribution in [0.2, 0.25) is 0 Å². The van der Waals surface area contributed by atoms with Crippen LogP contribution in [-0.2, 0) is 17.8 Å². The minimum atomic E-state index is -0.789. The van der Waals surface area contributed by atoms with E-state index in [-0.39, 0.29) is 6.42 Å². The molecule has 0 amide bonds. The van der Waals surface area contributed by atoms with Crippen LogP contribution in [0, 0.1) is 0 Å². The number of carbonyl (C=O) groups is 1. The van der Waals surface area contributed by atoms with Crippen molar-refractivity contribution < 1.29 is 9.90 Å². The Morgan fingerprint density at radius 1 is 1.16 bits per heavy atom. The number of carboxylic acid groups (broad SMARTS) is 1. The number of hydrogen-bond acceptors (Lipinski definition) is 4. The van der Waals surface area contributed by atoms with Gasteiger partial charge in [0.15, 0.2) is 0 Å². The third kappa shape index (κ3) is 4.63. The molecule has 0 unspecified atom stereocenters. The highest BCUT2D eigenvalue weighted by Gasteiger charge is 2.12. The zero-order valence-corrected chi connectivity index (χ0v) is 11.3. The van der Waals surface area contributed by atoms with Crippen LogP contribution in [0.5, 0.6) is 0 Å². The Balaban J connectivity index is 1.78. The third-order valence-electron chi connectivity index (χ3n) is 3.39. The molecule has 5 heteroatoms. The van der Waals surface area contributed by atoms with E-state index in [0.29, 0.717) is 0 Å². The Morgan fingerprint density at radius 2 is 1.74 bits per heavy atom. The number of hydrazine groups is 1. The van der Waals surface area contributed by atoms with Crippen molar-refractivity contribution in [2.75, 3.05) is 33.2 Å². The maximum Gasteiger partial charge on any atom is 0.307 e. The standard InChI is InChI=1S/C14H21N3O2/c1-16-6-8-17(9-7-16)15-11-13-4-2-12(3-5-13)10-14(18)19/h2-5,15H,6-11H2,1H3,(H,18,19). The smallest absolute Gasteiger partial charge is 0.307 e. The second kappa shape index (κ2) is 6.65. The topological polar surface area (TPSA) is 55.8 Å². The molecule has 2 rings (SSSR count). The van der Waals surface area contributed by atoms with Crippen LogP contribution in [0.1, 0.15) is 11.1 Å². The van der Waals surface area contributed by atoms with Crippen molar-refractivity contribution in [3.05, 3.63) is 35.4 Å². The van der Waals surface area contributed by atoms with Gasteiger partial charge >= 0.3 is 5.97 Å². The lowest BCUT2D eigenvalue weighted by molar-refractivity contribution is -0.136. The summed E-state index contributed by atoms with van der Waals surface area (Å²) in [5.74, 6) is -0.789. The predicted molar refractivity (Wildman–Crippen MR) is 73.7 cm³/mol. The molecule has 0 radical (unpaired) electrons. The van der Waals surface area contributed by atoms with Gasteiger partial charge in [-0.1, -0.05) is 24.3 Å². The number of nitrogens with one attached hydrogen (secondary N) is 1. The first kappa shape index (κ1) is 14.0. The van der Waals surface area contributed by atoms with Crippen molar-refractivity contribution >= 4 is 5.97 Å². The number of rotatable bonds is 5. The molecule has 0 aromatic heterocycles. The highest BCUT2D eigenvalue weighted by Crippen LogP contribution is 2.06. The van der Waals surface area contributed by atoms with Crippen LogP contribution < -0.4 is 5.43 Å². The summed E-state index contributed by atoms with van der Waals surface area (Å²) in [6, 6.07) is 7.74. The quantitative estimate of drug-likeness (QED) is 0.813. The molecule has 0 bridgehead atoms. The van der Waals surface area contributed by atoms with Crippen molar-refractivity contribution in [3.63, 3.8) is 0 Å². The van der Waals surface area contributed by atoms with Gasteiger partial charge in [-0.2, -0.15) is 0 Å². The fourth-order valence-corrected chi connectivity index (χ4v) is 2.12. The van der Waals surface area contributed by atoms with E-state index in [1.807, 2.05) is 24.3 Å². The van der Waals surface area contributed by atoms with Crippen LogP contribution in [0.3, 0.4) is 0 Å². The number of benzene rings is 1. The summed E-state index contributed by atoms with van der Waals surface area (Å²) in [5.41, 5.74) is 5.43. The van der Waals surface area contributed by atoms with Gasteiger partial charge in [0.05, 0.1) is 6.42 Å². The fourth-order valence-electron chi connectivity index (χ4n) is 2.12. The number of carboxylic acids is 1. The van der Waals surface area contributed by atoms with Crippen molar-refractivity contribution in [2.24, 2.45) is 0 Å². The highest BCUT2D eigenvalue weighted by molar-refractivity contribution is 5.70. The molecule has 0 atom stereocenters. The Hall–Kier alpha value is -1.43. The van der Waals surface area contributed by atoms with Crippen LogP contribution in [0.15, 0.2) is 24.3 Å². The first-order valence-electron chi connectivity index (χ1n) is 6.60. The average Bonchev–Trinajstić information content (AvgIpc) is 2.39. The number of piperazine rings is 1. The Labute approximate surface area is 113 Å². The molecule has 1 heterocycles. The Bertz CT molecular complexity index is 411.